The SMILES string of the molecule is O=C1CCC(N2Cc3cc(OC4CN(C(c5ccc(F)cc5)c5ccc(F)cc5)C4)ccc3C2=O)C(=O)N1. The van der Waals surface area contributed by atoms with Crippen LogP contribution in [0.25, 0.3) is 0 Å². The molecule has 3 amide bonds. The summed E-state index contributed by atoms with van der Waals surface area (Å²) in [5.41, 5.74) is 3.12. The summed E-state index contributed by atoms with van der Waals surface area (Å²) in [6.45, 7) is 1.50. The van der Waals surface area contributed by atoms with Crippen LogP contribution < -0.4 is 10.1 Å². The fourth-order valence-corrected chi connectivity index (χ4v) is 5.48. The van der Waals surface area contributed by atoms with E-state index in [4.69, 9.17) is 4.74 Å². The van der Waals surface area contributed by atoms with Gasteiger partial charge in [0.05, 0.1) is 6.04 Å². The summed E-state index contributed by atoms with van der Waals surface area (Å²) in [6.07, 6.45) is 0.425. The number of nitrogens with one attached hydrogen (secondary N) is 1. The first-order valence-electron chi connectivity index (χ1n) is 12.5. The summed E-state index contributed by atoms with van der Waals surface area (Å²) in [6, 6.07) is 17.1. The minimum Gasteiger partial charge on any atom is -0.488 e. The van der Waals surface area contributed by atoms with Crippen LogP contribution in [-0.2, 0) is 16.1 Å². The van der Waals surface area contributed by atoms with Crippen LogP contribution in [0.3, 0.4) is 0 Å². The molecule has 194 valence electrons. The zero-order chi connectivity index (χ0) is 26.4. The molecule has 1 atom stereocenters. The first-order chi connectivity index (χ1) is 18.4. The van der Waals surface area contributed by atoms with E-state index < -0.39 is 11.9 Å². The van der Waals surface area contributed by atoms with Gasteiger partial charge in [-0.2, -0.15) is 0 Å². The zero-order valence-corrected chi connectivity index (χ0v) is 20.4. The largest absolute Gasteiger partial charge is 0.488 e. The van der Waals surface area contributed by atoms with Gasteiger partial charge in [-0.05, 0) is 65.6 Å². The number of piperidine rings is 1. The summed E-state index contributed by atoms with van der Waals surface area (Å²) in [5.74, 6) is -0.985. The number of carbonyl (C=O) groups excluding carboxylic acids is 3. The summed E-state index contributed by atoms with van der Waals surface area (Å²) >= 11 is 0. The van der Waals surface area contributed by atoms with Crippen molar-refractivity contribution in [2.75, 3.05) is 13.1 Å². The second-order valence-electron chi connectivity index (χ2n) is 9.92. The van der Waals surface area contributed by atoms with Crippen LogP contribution >= 0.6 is 0 Å². The molecular weight excluding hydrogens is 492 g/mol. The molecule has 0 spiro atoms. The monoisotopic (exact) mass is 517 g/mol. The number of nitrogens with zero attached hydrogens (tertiary/aromatic N) is 2. The lowest BCUT2D eigenvalue weighted by Gasteiger charge is -2.44. The Hall–Kier alpha value is -4.11. The number of rotatable bonds is 6. The summed E-state index contributed by atoms with van der Waals surface area (Å²) in [4.78, 5) is 40.4. The molecule has 3 aromatic carbocycles. The molecule has 0 radical (unpaired) electrons. The average Bonchev–Trinajstić information content (AvgIpc) is 3.20. The van der Waals surface area contributed by atoms with Crippen LogP contribution in [0.15, 0.2) is 66.7 Å². The fourth-order valence-electron chi connectivity index (χ4n) is 5.48. The lowest BCUT2D eigenvalue weighted by Crippen LogP contribution is -2.55. The molecule has 7 nitrogen and oxygen atoms in total. The molecule has 1 unspecified atom stereocenters. The van der Waals surface area contributed by atoms with Crippen molar-refractivity contribution in [1.82, 2.24) is 15.1 Å². The van der Waals surface area contributed by atoms with Crippen LogP contribution in [0.1, 0.15) is 45.9 Å². The number of ether oxygens (including phenoxy) is 1. The molecule has 2 saturated heterocycles. The summed E-state index contributed by atoms with van der Waals surface area (Å²) < 4.78 is 33.3. The molecule has 0 saturated carbocycles. The van der Waals surface area contributed by atoms with Gasteiger partial charge in [0.25, 0.3) is 5.91 Å². The maximum Gasteiger partial charge on any atom is 0.255 e. The van der Waals surface area contributed by atoms with Gasteiger partial charge in [0.2, 0.25) is 11.8 Å². The van der Waals surface area contributed by atoms with Crippen LogP contribution in [0.5, 0.6) is 5.75 Å². The molecule has 1 N–H and O–H groups in total. The Morgan fingerprint density at radius 3 is 2.11 bits per heavy atom. The highest BCUT2D eigenvalue weighted by atomic mass is 19.1. The summed E-state index contributed by atoms with van der Waals surface area (Å²) in [5, 5.41) is 2.31. The number of imide groups is 1. The molecular formula is C29H25F2N3O4. The molecule has 0 aromatic heterocycles. The van der Waals surface area contributed by atoms with Gasteiger partial charge in [0, 0.05) is 31.6 Å². The minimum atomic E-state index is -0.660. The van der Waals surface area contributed by atoms with Crippen molar-refractivity contribution < 1.29 is 27.9 Å². The molecule has 3 heterocycles. The molecule has 3 aliphatic heterocycles. The Morgan fingerprint density at radius 1 is 0.868 bits per heavy atom. The minimum absolute atomic E-state index is 0.0974. The summed E-state index contributed by atoms with van der Waals surface area (Å²) in [7, 11) is 0. The lowest BCUT2D eigenvalue weighted by molar-refractivity contribution is -0.136. The highest BCUT2D eigenvalue weighted by molar-refractivity contribution is 6.05. The Morgan fingerprint density at radius 2 is 1.50 bits per heavy atom. The Bertz CT molecular complexity index is 1360. The molecule has 9 heteroatoms. The van der Waals surface area contributed by atoms with Gasteiger partial charge in [-0.1, -0.05) is 24.3 Å². The van der Waals surface area contributed by atoms with Gasteiger partial charge in [-0.15, -0.1) is 0 Å². The van der Waals surface area contributed by atoms with E-state index in [2.05, 4.69) is 10.2 Å². The van der Waals surface area contributed by atoms with E-state index >= 15 is 0 Å². The van der Waals surface area contributed by atoms with Gasteiger partial charge < -0.3 is 9.64 Å². The zero-order valence-electron chi connectivity index (χ0n) is 20.4. The quantitative estimate of drug-likeness (QED) is 0.506. The predicted molar refractivity (Wildman–Crippen MR) is 133 cm³/mol. The number of benzene rings is 3. The fraction of sp³-hybridized carbons (Fsp3) is 0.276. The Balaban J connectivity index is 1.13. The van der Waals surface area contributed by atoms with E-state index in [0.717, 1.165) is 16.7 Å². The molecule has 0 bridgehead atoms. The van der Waals surface area contributed by atoms with Crippen LogP contribution in [0, 0.1) is 11.6 Å². The topological polar surface area (TPSA) is 79.0 Å². The number of amides is 3. The van der Waals surface area contributed by atoms with Gasteiger partial charge in [-0.25, -0.2) is 8.78 Å². The van der Waals surface area contributed by atoms with Crippen molar-refractivity contribution >= 4 is 17.7 Å². The Labute approximate surface area is 218 Å². The lowest BCUT2D eigenvalue weighted by atomic mass is 9.93. The third-order valence-corrected chi connectivity index (χ3v) is 7.41. The van der Waals surface area contributed by atoms with Gasteiger partial charge in [0.1, 0.15) is 29.5 Å². The van der Waals surface area contributed by atoms with Gasteiger partial charge >= 0.3 is 0 Å². The number of halogens is 2. The van der Waals surface area contributed by atoms with E-state index in [9.17, 15) is 23.2 Å². The van der Waals surface area contributed by atoms with Crippen LogP contribution in [0.2, 0.25) is 0 Å². The van der Waals surface area contributed by atoms with E-state index in [1.54, 1.807) is 36.4 Å². The molecule has 3 aromatic rings. The van der Waals surface area contributed by atoms with Crippen molar-refractivity contribution in [3.63, 3.8) is 0 Å². The third kappa shape index (κ3) is 4.54. The number of fused-ring (bicyclic) bond motifs is 1. The molecule has 0 aliphatic carbocycles. The Kier molecular flexibility index (Phi) is 6.15. The third-order valence-electron chi connectivity index (χ3n) is 7.41. The highest BCUT2D eigenvalue weighted by Gasteiger charge is 2.40. The van der Waals surface area contributed by atoms with E-state index in [1.807, 2.05) is 6.07 Å². The van der Waals surface area contributed by atoms with Crippen LogP contribution in [0.4, 0.5) is 8.78 Å². The van der Waals surface area contributed by atoms with Gasteiger partial charge in [0.15, 0.2) is 0 Å². The number of hydrogen-bond donors (Lipinski definition) is 1. The second kappa shape index (κ2) is 9.64. The van der Waals surface area contributed by atoms with Crippen molar-refractivity contribution in [2.45, 2.75) is 37.6 Å². The van der Waals surface area contributed by atoms with E-state index in [-0.39, 0.29) is 48.6 Å². The molecule has 3 aliphatic rings. The maximum atomic E-state index is 13.5. The van der Waals surface area contributed by atoms with E-state index in [1.165, 1.54) is 29.2 Å². The standard InChI is InChI=1S/C29H25F2N3O4/c30-20-5-1-17(2-6-20)27(18-3-7-21(31)8-4-18)33-15-23(16-33)38-22-9-10-24-19(13-22)14-34(29(24)37)25-11-12-26(35)32-28(25)36/h1-10,13,23,25,27H,11-12,14-16H2,(H,32,35,36). The van der Waals surface area contributed by atoms with Crippen LogP contribution in [-0.4, -0.2) is 52.8 Å². The molecule has 2 fully saturated rings. The molecule has 6 rings (SSSR count). The predicted octanol–water partition coefficient (Wildman–Crippen LogP) is 3.58. The van der Waals surface area contributed by atoms with Gasteiger partial charge in [-0.3, -0.25) is 24.6 Å². The normalized spacial score (nSPS) is 19.9. The van der Waals surface area contributed by atoms with Crippen molar-refractivity contribution in [2.24, 2.45) is 0 Å². The smallest absolute Gasteiger partial charge is 0.255 e. The van der Waals surface area contributed by atoms with E-state index in [0.29, 0.717) is 30.8 Å². The first kappa shape index (κ1) is 24.2. The first-order valence-corrected chi connectivity index (χ1v) is 12.5. The maximum absolute atomic E-state index is 13.5. The highest BCUT2D eigenvalue weighted by Crippen LogP contribution is 2.35. The number of carbonyl (C=O) groups is 3. The second-order valence-corrected chi connectivity index (χ2v) is 9.92. The number of likely N-dealkylation sites (tertiary alicyclic amines) is 1. The molecule has 38 heavy (non-hydrogen) atoms. The van der Waals surface area contributed by atoms with Crippen molar-refractivity contribution in [3.05, 3.63) is 101 Å². The van der Waals surface area contributed by atoms with Crippen molar-refractivity contribution in [3.8, 4) is 5.75 Å². The number of hydrogen-bond acceptors (Lipinski definition) is 5. The average molecular weight is 518 g/mol. The van der Waals surface area contributed by atoms with Crippen molar-refractivity contribution in [1.29, 1.82) is 0 Å².